The van der Waals surface area contributed by atoms with Gasteiger partial charge in [0.15, 0.2) is 0 Å². The molecule has 6 heteroatoms. The van der Waals surface area contributed by atoms with Crippen LogP contribution in [0.2, 0.25) is 0 Å². The molecule has 3 N–H and O–H groups in total. The number of amides is 1. The Balaban J connectivity index is 1.90. The van der Waals surface area contributed by atoms with E-state index in [0.717, 1.165) is 0 Å². The number of nitrogens with one attached hydrogen (secondary N) is 1. The summed E-state index contributed by atoms with van der Waals surface area (Å²) in [5, 5.41) is 20.9. The number of benzene rings is 1. The Morgan fingerprint density at radius 1 is 1.14 bits per heavy atom. The molecule has 1 heterocycles. The number of carbonyl (C=O) groups excluding carboxylic acids is 1. The van der Waals surface area contributed by atoms with Crippen molar-refractivity contribution >= 4 is 17.6 Å². The number of phenolic OH excluding ortho intramolecular Hbond substituents is 1. The summed E-state index contributed by atoms with van der Waals surface area (Å²) in [5.41, 5.74) is 1.05. The third-order valence-corrected chi connectivity index (χ3v) is 2.88. The molecule has 0 saturated carbocycles. The van der Waals surface area contributed by atoms with Crippen molar-refractivity contribution in [3.05, 3.63) is 53.9 Å². The minimum Gasteiger partial charge on any atom is -0.508 e. The first kappa shape index (κ1) is 14.5. The number of hydrogen-bond donors (Lipinski definition) is 3. The lowest BCUT2D eigenvalue weighted by Gasteiger charge is -2.06. The number of carbonyl (C=O) groups is 2. The third kappa shape index (κ3) is 4.04. The van der Waals surface area contributed by atoms with Gasteiger partial charge in [-0.05, 0) is 30.2 Å². The lowest BCUT2D eigenvalue weighted by atomic mass is 10.1. The number of rotatable bonds is 5. The second-order valence-corrected chi connectivity index (χ2v) is 4.41. The Hall–Kier alpha value is -2.89. The second-order valence-electron chi connectivity index (χ2n) is 4.41. The third-order valence-electron chi connectivity index (χ3n) is 2.88. The summed E-state index contributed by atoms with van der Waals surface area (Å²) in [6.07, 6.45) is 1.92. The van der Waals surface area contributed by atoms with Gasteiger partial charge >= 0.3 is 5.97 Å². The Kier molecular flexibility index (Phi) is 4.50. The van der Waals surface area contributed by atoms with E-state index in [-0.39, 0.29) is 23.8 Å². The summed E-state index contributed by atoms with van der Waals surface area (Å²) in [4.78, 5) is 26.1. The van der Waals surface area contributed by atoms with Crippen molar-refractivity contribution in [2.24, 2.45) is 0 Å². The molecule has 0 aliphatic carbocycles. The normalized spacial score (nSPS) is 10.1. The monoisotopic (exact) mass is 286 g/mol. The molecule has 1 aromatic carbocycles. The van der Waals surface area contributed by atoms with Crippen LogP contribution in [0.1, 0.15) is 22.5 Å². The Morgan fingerprint density at radius 2 is 1.90 bits per heavy atom. The number of aryl methyl sites for hydroxylation is 1. The van der Waals surface area contributed by atoms with E-state index >= 15 is 0 Å². The highest BCUT2D eigenvalue weighted by Crippen LogP contribution is 2.17. The number of aromatic hydroxyl groups is 1. The molecule has 0 aliphatic heterocycles. The van der Waals surface area contributed by atoms with Crippen molar-refractivity contribution in [1.82, 2.24) is 4.98 Å². The zero-order valence-electron chi connectivity index (χ0n) is 11.1. The zero-order chi connectivity index (χ0) is 15.2. The highest BCUT2D eigenvalue weighted by Gasteiger charge is 2.07. The van der Waals surface area contributed by atoms with Crippen LogP contribution in [0.3, 0.4) is 0 Å². The van der Waals surface area contributed by atoms with Crippen molar-refractivity contribution in [3.8, 4) is 5.75 Å². The number of nitrogens with zero attached hydrogens (tertiary/aromatic N) is 1. The molecule has 0 spiro atoms. The van der Waals surface area contributed by atoms with Crippen LogP contribution in [0.25, 0.3) is 0 Å². The number of para-hydroxylation sites is 1. The highest BCUT2D eigenvalue weighted by molar-refractivity contribution is 5.91. The van der Waals surface area contributed by atoms with Crippen LogP contribution in [0.4, 0.5) is 5.69 Å². The molecule has 1 amide bonds. The molecule has 0 fully saturated rings. The van der Waals surface area contributed by atoms with Crippen LogP contribution >= 0.6 is 0 Å². The molecule has 0 atom stereocenters. The van der Waals surface area contributed by atoms with E-state index in [4.69, 9.17) is 5.11 Å². The van der Waals surface area contributed by atoms with E-state index in [9.17, 15) is 14.7 Å². The fourth-order valence-electron chi connectivity index (χ4n) is 1.79. The van der Waals surface area contributed by atoms with Gasteiger partial charge in [-0.1, -0.05) is 18.2 Å². The van der Waals surface area contributed by atoms with Gasteiger partial charge < -0.3 is 15.5 Å². The second kappa shape index (κ2) is 6.51. The maximum atomic E-state index is 11.8. The molecule has 21 heavy (non-hydrogen) atoms. The van der Waals surface area contributed by atoms with Crippen molar-refractivity contribution in [2.75, 3.05) is 5.32 Å². The van der Waals surface area contributed by atoms with Crippen molar-refractivity contribution in [2.45, 2.75) is 12.8 Å². The van der Waals surface area contributed by atoms with Crippen LogP contribution < -0.4 is 5.32 Å². The summed E-state index contributed by atoms with van der Waals surface area (Å²) < 4.78 is 0. The molecule has 0 unspecified atom stereocenters. The number of aromatic carboxylic acids is 1. The van der Waals surface area contributed by atoms with Gasteiger partial charge in [0.1, 0.15) is 11.4 Å². The number of pyridine rings is 1. The molecule has 2 aromatic rings. The quantitative estimate of drug-likeness (QED) is 0.781. The van der Waals surface area contributed by atoms with Crippen molar-refractivity contribution < 1.29 is 19.8 Å². The van der Waals surface area contributed by atoms with Crippen LogP contribution in [0.5, 0.6) is 5.75 Å². The van der Waals surface area contributed by atoms with Gasteiger partial charge in [-0.3, -0.25) is 4.79 Å². The summed E-state index contributed by atoms with van der Waals surface area (Å²) in [6.45, 7) is 0. The Labute approximate surface area is 121 Å². The lowest BCUT2D eigenvalue weighted by Crippen LogP contribution is -2.13. The number of aromatic nitrogens is 1. The number of carboxylic acid groups (broad SMARTS) is 1. The van der Waals surface area contributed by atoms with E-state index in [2.05, 4.69) is 10.3 Å². The van der Waals surface area contributed by atoms with Gasteiger partial charge in [0.25, 0.3) is 0 Å². The fourth-order valence-corrected chi connectivity index (χ4v) is 1.79. The Bertz CT molecular complexity index is 653. The van der Waals surface area contributed by atoms with Gasteiger partial charge in [0.2, 0.25) is 5.91 Å². The van der Waals surface area contributed by atoms with Crippen LogP contribution in [-0.4, -0.2) is 27.1 Å². The van der Waals surface area contributed by atoms with Gasteiger partial charge in [-0.2, -0.15) is 0 Å². The first-order valence-corrected chi connectivity index (χ1v) is 6.32. The standard InChI is InChI=1S/C15H14N2O4/c18-13-4-2-1-3-10(13)5-8-14(19)17-11-6-7-12(15(20)21)16-9-11/h1-4,6-7,9,18H,5,8H2,(H,17,19)(H,20,21). The van der Waals surface area contributed by atoms with E-state index < -0.39 is 5.97 Å². The fraction of sp³-hybridized carbons (Fsp3) is 0.133. The molecule has 0 saturated heterocycles. The van der Waals surface area contributed by atoms with Crippen molar-refractivity contribution in [1.29, 1.82) is 0 Å². The number of phenols is 1. The number of hydrogen-bond acceptors (Lipinski definition) is 4. The van der Waals surface area contributed by atoms with Crippen LogP contribution in [0, 0.1) is 0 Å². The van der Waals surface area contributed by atoms with E-state index in [0.29, 0.717) is 17.7 Å². The number of anilines is 1. The number of carboxylic acids is 1. The van der Waals surface area contributed by atoms with E-state index in [1.165, 1.54) is 18.3 Å². The highest BCUT2D eigenvalue weighted by atomic mass is 16.4. The first-order chi connectivity index (χ1) is 10.1. The molecule has 108 valence electrons. The average Bonchev–Trinajstić information content (AvgIpc) is 2.47. The topological polar surface area (TPSA) is 99.5 Å². The molecule has 2 rings (SSSR count). The predicted molar refractivity (Wildman–Crippen MR) is 76.3 cm³/mol. The van der Waals surface area contributed by atoms with Crippen molar-refractivity contribution in [3.63, 3.8) is 0 Å². The minimum absolute atomic E-state index is 0.0813. The molecule has 0 bridgehead atoms. The van der Waals surface area contributed by atoms with Crippen LogP contribution in [-0.2, 0) is 11.2 Å². The molecular weight excluding hydrogens is 272 g/mol. The summed E-state index contributed by atoms with van der Waals surface area (Å²) in [5.74, 6) is -1.19. The summed E-state index contributed by atoms with van der Waals surface area (Å²) in [7, 11) is 0. The van der Waals surface area contributed by atoms with Crippen LogP contribution in [0.15, 0.2) is 42.6 Å². The average molecular weight is 286 g/mol. The Morgan fingerprint density at radius 3 is 2.52 bits per heavy atom. The first-order valence-electron chi connectivity index (χ1n) is 6.32. The molecule has 0 radical (unpaired) electrons. The molecule has 0 aliphatic rings. The van der Waals surface area contributed by atoms with Gasteiger partial charge in [0, 0.05) is 6.42 Å². The summed E-state index contributed by atoms with van der Waals surface area (Å²) in [6, 6.07) is 9.64. The lowest BCUT2D eigenvalue weighted by molar-refractivity contribution is -0.116. The predicted octanol–water partition coefficient (Wildman–Crippen LogP) is 2.06. The SMILES string of the molecule is O=C(CCc1ccccc1O)Nc1ccc(C(=O)O)nc1. The van der Waals surface area contributed by atoms with Gasteiger partial charge in [-0.25, -0.2) is 9.78 Å². The zero-order valence-corrected chi connectivity index (χ0v) is 11.1. The minimum atomic E-state index is -1.12. The molecular formula is C15H14N2O4. The molecule has 6 nitrogen and oxygen atoms in total. The molecule has 1 aromatic heterocycles. The van der Waals surface area contributed by atoms with Gasteiger partial charge in [-0.15, -0.1) is 0 Å². The smallest absolute Gasteiger partial charge is 0.354 e. The van der Waals surface area contributed by atoms with E-state index in [1.54, 1.807) is 24.3 Å². The van der Waals surface area contributed by atoms with E-state index in [1.807, 2.05) is 0 Å². The maximum absolute atomic E-state index is 11.8. The largest absolute Gasteiger partial charge is 0.508 e. The maximum Gasteiger partial charge on any atom is 0.354 e. The summed E-state index contributed by atoms with van der Waals surface area (Å²) >= 11 is 0. The van der Waals surface area contributed by atoms with Gasteiger partial charge in [0.05, 0.1) is 11.9 Å².